The molecule has 14 heavy (non-hydrogen) atoms. The van der Waals surface area contributed by atoms with Gasteiger partial charge in [0.15, 0.2) is 5.82 Å². The highest BCUT2D eigenvalue weighted by molar-refractivity contribution is 4.94. The van der Waals surface area contributed by atoms with Gasteiger partial charge in [0, 0.05) is 6.54 Å². The summed E-state index contributed by atoms with van der Waals surface area (Å²) in [5, 5.41) is 14.5. The molecule has 2 aromatic heterocycles. The first kappa shape index (κ1) is 8.82. The number of aromatic amines is 1. The van der Waals surface area contributed by atoms with Crippen LogP contribution in [0.4, 0.5) is 0 Å². The molecule has 7 nitrogen and oxygen atoms in total. The summed E-state index contributed by atoms with van der Waals surface area (Å²) in [7, 11) is 0. The van der Waals surface area contributed by atoms with Crippen LogP contribution in [0, 0.1) is 6.92 Å². The third-order valence-corrected chi connectivity index (χ3v) is 1.74. The van der Waals surface area contributed by atoms with Crippen molar-refractivity contribution in [2.24, 2.45) is 5.73 Å². The second kappa shape index (κ2) is 3.54. The topological polar surface area (TPSA) is 98.3 Å². The fourth-order valence-electron chi connectivity index (χ4n) is 1.11. The van der Waals surface area contributed by atoms with Crippen LogP contribution in [0.2, 0.25) is 0 Å². The van der Waals surface area contributed by atoms with Gasteiger partial charge < -0.3 is 5.73 Å². The van der Waals surface area contributed by atoms with Crippen LogP contribution in [-0.4, -0.2) is 30.2 Å². The van der Waals surface area contributed by atoms with Crippen LogP contribution in [0.25, 0.3) is 0 Å². The minimum absolute atomic E-state index is 0.396. The van der Waals surface area contributed by atoms with Crippen molar-refractivity contribution in [2.45, 2.75) is 20.0 Å². The zero-order valence-corrected chi connectivity index (χ0v) is 7.80. The first-order valence-corrected chi connectivity index (χ1v) is 4.25. The molecular weight excluding hydrogens is 182 g/mol. The molecule has 0 fully saturated rings. The van der Waals surface area contributed by atoms with Crippen molar-refractivity contribution in [1.29, 1.82) is 0 Å². The molecule has 0 saturated heterocycles. The molecule has 0 spiro atoms. The van der Waals surface area contributed by atoms with Crippen LogP contribution < -0.4 is 5.73 Å². The van der Waals surface area contributed by atoms with Crippen molar-refractivity contribution < 1.29 is 0 Å². The molecule has 3 N–H and O–H groups in total. The second-order valence-corrected chi connectivity index (χ2v) is 2.95. The molecule has 0 aliphatic carbocycles. The van der Waals surface area contributed by atoms with Gasteiger partial charge in [0.2, 0.25) is 0 Å². The van der Waals surface area contributed by atoms with Crippen LogP contribution in [0.3, 0.4) is 0 Å². The number of nitrogens with zero attached hydrogens (tertiary/aromatic N) is 5. The lowest BCUT2D eigenvalue weighted by atomic mass is 10.5. The molecule has 0 radical (unpaired) electrons. The van der Waals surface area contributed by atoms with Crippen LogP contribution in [-0.2, 0) is 13.1 Å². The molecule has 0 bridgehead atoms. The third-order valence-electron chi connectivity index (χ3n) is 1.74. The van der Waals surface area contributed by atoms with Gasteiger partial charge in [-0.05, 0) is 6.92 Å². The molecule has 2 rings (SSSR count). The normalized spacial score (nSPS) is 10.7. The molecule has 0 amide bonds. The molecule has 0 unspecified atom stereocenters. The van der Waals surface area contributed by atoms with Gasteiger partial charge in [-0.2, -0.15) is 5.10 Å². The maximum atomic E-state index is 5.41. The summed E-state index contributed by atoms with van der Waals surface area (Å²) >= 11 is 0. The minimum Gasteiger partial charge on any atom is -0.325 e. The summed E-state index contributed by atoms with van der Waals surface area (Å²) in [6.07, 6.45) is 1.78. The largest absolute Gasteiger partial charge is 0.325 e. The van der Waals surface area contributed by atoms with Gasteiger partial charge in [0.25, 0.3) is 0 Å². The van der Waals surface area contributed by atoms with Gasteiger partial charge in [0.05, 0.1) is 11.9 Å². The van der Waals surface area contributed by atoms with E-state index in [4.69, 9.17) is 5.73 Å². The van der Waals surface area contributed by atoms with E-state index < -0.39 is 0 Å². The van der Waals surface area contributed by atoms with Gasteiger partial charge in [-0.3, -0.25) is 5.10 Å². The Balaban J connectivity index is 2.10. The molecule has 0 saturated carbocycles. The Labute approximate surface area is 80.3 Å². The van der Waals surface area contributed by atoms with Gasteiger partial charge in [-0.15, -0.1) is 5.10 Å². The molecule has 0 aromatic carbocycles. The zero-order valence-electron chi connectivity index (χ0n) is 7.80. The minimum atomic E-state index is 0.396. The Morgan fingerprint density at radius 2 is 2.43 bits per heavy atom. The van der Waals surface area contributed by atoms with E-state index in [0.29, 0.717) is 18.9 Å². The van der Waals surface area contributed by atoms with E-state index in [0.717, 1.165) is 11.5 Å². The van der Waals surface area contributed by atoms with Crippen molar-refractivity contribution in [2.75, 3.05) is 0 Å². The van der Waals surface area contributed by atoms with E-state index in [1.807, 2.05) is 6.92 Å². The molecule has 0 aliphatic heterocycles. The Morgan fingerprint density at radius 3 is 3.00 bits per heavy atom. The Morgan fingerprint density at radius 1 is 1.57 bits per heavy atom. The van der Waals surface area contributed by atoms with Crippen LogP contribution >= 0.6 is 0 Å². The fourth-order valence-corrected chi connectivity index (χ4v) is 1.11. The molecule has 74 valence electrons. The summed E-state index contributed by atoms with van der Waals surface area (Å²) in [4.78, 5) is 4.15. The van der Waals surface area contributed by atoms with E-state index in [2.05, 4.69) is 25.5 Å². The molecule has 7 heteroatoms. The van der Waals surface area contributed by atoms with E-state index in [1.165, 1.54) is 0 Å². The predicted molar refractivity (Wildman–Crippen MR) is 48.1 cm³/mol. The van der Waals surface area contributed by atoms with Crippen LogP contribution in [0.5, 0.6) is 0 Å². The standard InChI is InChI=1S/C7H11N7/c1-5-9-7(12-10-5)4-14-3-6(2-8)11-13-14/h3H,2,4,8H2,1H3,(H,9,10,12). The number of hydrogen-bond donors (Lipinski definition) is 2. The van der Waals surface area contributed by atoms with Crippen LogP contribution in [0.15, 0.2) is 6.20 Å². The second-order valence-electron chi connectivity index (χ2n) is 2.95. The van der Waals surface area contributed by atoms with Crippen molar-refractivity contribution in [3.05, 3.63) is 23.5 Å². The fraction of sp³-hybridized carbons (Fsp3) is 0.429. The molecule has 0 atom stereocenters. The maximum absolute atomic E-state index is 5.41. The van der Waals surface area contributed by atoms with E-state index >= 15 is 0 Å². The monoisotopic (exact) mass is 193 g/mol. The lowest BCUT2D eigenvalue weighted by molar-refractivity contribution is 0.626. The predicted octanol–water partition coefficient (Wildman–Crippen LogP) is -0.788. The van der Waals surface area contributed by atoms with Gasteiger partial charge in [0.1, 0.15) is 12.4 Å². The van der Waals surface area contributed by atoms with Gasteiger partial charge in [-0.25, -0.2) is 9.67 Å². The van der Waals surface area contributed by atoms with Crippen molar-refractivity contribution >= 4 is 0 Å². The van der Waals surface area contributed by atoms with E-state index in [-0.39, 0.29) is 0 Å². The quantitative estimate of drug-likeness (QED) is 0.665. The van der Waals surface area contributed by atoms with Gasteiger partial charge in [-0.1, -0.05) is 5.21 Å². The first-order valence-electron chi connectivity index (χ1n) is 4.25. The average Bonchev–Trinajstić information content (AvgIpc) is 2.76. The van der Waals surface area contributed by atoms with Crippen molar-refractivity contribution in [3.8, 4) is 0 Å². The van der Waals surface area contributed by atoms with Crippen molar-refractivity contribution in [3.63, 3.8) is 0 Å². The first-order chi connectivity index (χ1) is 6.78. The number of H-pyrrole nitrogens is 1. The highest BCUT2D eigenvalue weighted by Crippen LogP contribution is 1.96. The number of nitrogens with two attached hydrogens (primary N) is 1. The number of aryl methyl sites for hydroxylation is 1. The Kier molecular flexibility index (Phi) is 2.23. The number of nitrogens with one attached hydrogen (secondary N) is 1. The Hall–Kier alpha value is -1.76. The highest BCUT2D eigenvalue weighted by atomic mass is 15.4. The van der Waals surface area contributed by atoms with E-state index in [1.54, 1.807) is 10.9 Å². The summed E-state index contributed by atoms with van der Waals surface area (Å²) in [6, 6.07) is 0. The van der Waals surface area contributed by atoms with Crippen LogP contribution in [0.1, 0.15) is 17.3 Å². The third kappa shape index (κ3) is 1.77. The lowest BCUT2D eigenvalue weighted by Gasteiger charge is -1.92. The van der Waals surface area contributed by atoms with Crippen molar-refractivity contribution in [1.82, 2.24) is 30.2 Å². The molecule has 0 aliphatic rings. The molecule has 2 heterocycles. The zero-order chi connectivity index (χ0) is 9.97. The van der Waals surface area contributed by atoms with E-state index in [9.17, 15) is 0 Å². The number of aromatic nitrogens is 6. The lowest BCUT2D eigenvalue weighted by Crippen LogP contribution is -2.02. The van der Waals surface area contributed by atoms with Gasteiger partial charge >= 0.3 is 0 Å². The highest BCUT2D eigenvalue weighted by Gasteiger charge is 2.03. The molecular formula is C7H11N7. The summed E-state index contributed by atoms with van der Waals surface area (Å²) in [5.41, 5.74) is 6.17. The smallest absolute Gasteiger partial charge is 0.172 e. The Bertz CT molecular complexity index is 415. The number of hydrogen-bond acceptors (Lipinski definition) is 5. The maximum Gasteiger partial charge on any atom is 0.172 e. The molecule has 2 aromatic rings. The summed E-state index contributed by atoms with van der Waals surface area (Å²) < 4.78 is 1.66. The number of rotatable bonds is 3. The average molecular weight is 193 g/mol. The summed E-state index contributed by atoms with van der Waals surface area (Å²) in [5.74, 6) is 1.48. The SMILES string of the molecule is Cc1nc(Cn2cc(CN)nn2)n[nH]1. The summed E-state index contributed by atoms with van der Waals surface area (Å²) in [6.45, 7) is 2.76.